The summed E-state index contributed by atoms with van der Waals surface area (Å²) in [5.41, 5.74) is -0.919. The summed E-state index contributed by atoms with van der Waals surface area (Å²) in [6.07, 6.45) is -17.0. The first kappa shape index (κ1) is 16.4. The second kappa shape index (κ2) is 4.60. The molecular weight excluding hydrogens is 261 g/mol. The highest BCUT2D eigenvalue weighted by Crippen LogP contribution is 2.41. The van der Waals surface area contributed by atoms with Gasteiger partial charge >= 0.3 is 18.6 Å². The van der Waals surface area contributed by atoms with E-state index in [1.165, 1.54) is 20.8 Å². The predicted octanol–water partition coefficient (Wildman–Crippen LogP) is 3.77. The van der Waals surface area contributed by atoms with Crippen LogP contribution in [-0.4, -0.2) is 25.2 Å². The van der Waals surface area contributed by atoms with Gasteiger partial charge in [0.15, 0.2) is 0 Å². The lowest BCUT2D eigenvalue weighted by atomic mass is 9.99. The maximum atomic E-state index is 12.7. The van der Waals surface area contributed by atoms with Crippen LogP contribution in [0.4, 0.5) is 30.7 Å². The molecule has 0 aromatic rings. The molecule has 0 aromatic heterocycles. The van der Waals surface area contributed by atoms with E-state index in [0.29, 0.717) is 0 Å². The van der Waals surface area contributed by atoms with Crippen LogP contribution in [-0.2, 0) is 9.47 Å². The summed E-state index contributed by atoms with van der Waals surface area (Å²) >= 11 is 0. The van der Waals surface area contributed by atoms with Gasteiger partial charge in [0, 0.05) is 0 Å². The summed E-state index contributed by atoms with van der Waals surface area (Å²) in [5.74, 6) is 0. The lowest BCUT2D eigenvalue weighted by Crippen LogP contribution is -2.48. The van der Waals surface area contributed by atoms with E-state index in [0.717, 1.165) is 0 Å². The zero-order valence-corrected chi connectivity index (χ0v) is 9.17. The Bertz CT molecular complexity index is 254. The lowest BCUT2D eigenvalue weighted by molar-refractivity contribution is -0.505. The lowest BCUT2D eigenvalue weighted by Gasteiger charge is -2.28. The highest BCUT2D eigenvalue weighted by molar-refractivity contribution is 4.70. The van der Waals surface area contributed by atoms with Crippen molar-refractivity contribution in [1.82, 2.24) is 0 Å². The maximum absolute atomic E-state index is 12.7. The van der Waals surface area contributed by atoms with Crippen LogP contribution in [0.5, 0.6) is 0 Å². The molecule has 17 heavy (non-hydrogen) atoms. The molecule has 0 heterocycles. The molecule has 0 atom stereocenters. The Balaban J connectivity index is 4.67. The van der Waals surface area contributed by atoms with Gasteiger partial charge < -0.3 is 4.74 Å². The fourth-order valence-corrected chi connectivity index (χ4v) is 0.596. The summed E-state index contributed by atoms with van der Waals surface area (Å²) in [7, 11) is 0. The van der Waals surface area contributed by atoms with E-state index in [4.69, 9.17) is 0 Å². The molecule has 104 valence electrons. The quantitative estimate of drug-likeness (QED) is 0.725. The van der Waals surface area contributed by atoms with Gasteiger partial charge in [-0.15, -0.1) is 13.2 Å². The first-order chi connectivity index (χ1) is 7.16. The molecule has 0 unspecified atom stereocenters. The fourth-order valence-electron chi connectivity index (χ4n) is 0.596. The topological polar surface area (TPSA) is 18.5 Å². The Labute approximate surface area is 92.7 Å². The van der Waals surface area contributed by atoms with Crippen molar-refractivity contribution in [3.8, 4) is 0 Å². The molecule has 0 aliphatic heterocycles. The molecule has 0 N–H and O–H groups in total. The number of halogens is 7. The van der Waals surface area contributed by atoms with Crippen LogP contribution in [0, 0.1) is 5.41 Å². The Kier molecular flexibility index (Phi) is 4.45. The van der Waals surface area contributed by atoms with Gasteiger partial charge in [-0.1, -0.05) is 20.8 Å². The fraction of sp³-hybridized carbons (Fsp3) is 1.00. The molecule has 0 fully saturated rings. The van der Waals surface area contributed by atoms with Crippen LogP contribution in [0.25, 0.3) is 0 Å². The highest BCUT2D eigenvalue weighted by atomic mass is 19.4. The standard InChI is InChI=1S/C8H11F7O2/c1-5(2,3)4-16-6(9,10)7(11,12)17-8(13,14)15/h4H2,1-3H3. The number of rotatable bonds is 4. The van der Waals surface area contributed by atoms with Crippen molar-refractivity contribution < 1.29 is 40.2 Å². The van der Waals surface area contributed by atoms with Gasteiger partial charge in [-0.3, -0.25) is 0 Å². The van der Waals surface area contributed by atoms with E-state index in [-0.39, 0.29) is 0 Å². The van der Waals surface area contributed by atoms with Crippen molar-refractivity contribution in [2.24, 2.45) is 5.41 Å². The molecule has 0 aliphatic rings. The minimum absolute atomic E-state index is 0.864. The highest BCUT2D eigenvalue weighted by Gasteiger charge is 2.64. The molecule has 0 saturated heterocycles. The van der Waals surface area contributed by atoms with Gasteiger partial charge in [0.2, 0.25) is 0 Å². The predicted molar refractivity (Wildman–Crippen MR) is 42.4 cm³/mol. The Morgan fingerprint density at radius 3 is 1.47 bits per heavy atom. The minimum atomic E-state index is -5.89. The van der Waals surface area contributed by atoms with Crippen molar-refractivity contribution in [2.45, 2.75) is 39.4 Å². The van der Waals surface area contributed by atoms with E-state index in [1.807, 2.05) is 4.74 Å². The van der Waals surface area contributed by atoms with E-state index in [9.17, 15) is 30.7 Å². The SMILES string of the molecule is CC(C)(C)COC(F)(F)C(F)(F)OC(F)(F)F. The van der Waals surface area contributed by atoms with Gasteiger partial charge in [-0.05, 0) is 5.41 Å². The third-order valence-electron chi connectivity index (χ3n) is 1.27. The molecule has 0 bridgehead atoms. The van der Waals surface area contributed by atoms with Gasteiger partial charge in [-0.25, -0.2) is 4.74 Å². The number of hydrogen-bond acceptors (Lipinski definition) is 2. The molecule has 0 amide bonds. The summed E-state index contributed by atoms with van der Waals surface area (Å²) in [6, 6.07) is 0. The summed E-state index contributed by atoms with van der Waals surface area (Å²) in [4.78, 5) is 0. The van der Waals surface area contributed by atoms with Crippen molar-refractivity contribution >= 4 is 0 Å². The van der Waals surface area contributed by atoms with Gasteiger partial charge in [0.25, 0.3) is 0 Å². The van der Waals surface area contributed by atoms with Crippen molar-refractivity contribution in [3.63, 3.8) is 0 Å². The zero-order chi connectivity index (χ0) is 14.1. The van der Waals surface area contributed by atoms with E-state index in [2.05, 4.69) is 4.74 Å². The summed E-state index contributed by atoms with van der Waals surface area (Å²) in [5, 5.41) is 0. The largest absolute Gasteiger partial charge is 0.527 e. The molecular formula is C8H11F7O2. The number of hydrogen-bond donors (Lipinski definition) is 0. The third kappa shape index (κ3) is 6.06. The molecule has 0 aromatic carbocycles. The van der Waals surface area contributed by atoms with Crippen LogP contribution >= 0.6 is 0 Å². The van der Waals surface area contributed by atoms with Crippen LogP contribution in [0.3, 0.4) is 0 Å². The number of alkyl halides is 7. The first-order valence-electron chi connectivity index (χ1n) is 4.33. The first-order valence-corrected chi connectivity index (χ1v) is 4.33. The second-order valence-electron chi connectivity index (χ2n) is 4.43. The minimum Gasteiger partial charge on any atom is -0.313 e. The average Bonchev–Trinajstić information content (AvgIpc) is 1.94. The second-order valence-corrected chi connectivity index (χ2v) is 4.43. The van der Waals surface area contributed by atoms with Crippen LogP contribution in [0.2, 0.25) is 0 Å². The molecule has 2 nitrogen and oxygen atoms in total. The van der Waals surface area contributed by atoms with Gasteiger partial charge in [0.1, 0.15) is 0 Å². The van der Waals surface area contributed by atoms with Crippen molar-refractivity contribution in [3.05, 3.63) is 0 Å². The molecule has 0 rings (SSSR count). The van der Waals surface area contributed by atoms with E-state index >= 15 is 0 Å². The van der Waals surface area contributed by atoms with Crippen LogP contribution in [0.15, 0.2) is 0 Å². The Morgan fingerprint density at radius 2 is 1.18 bits per heavy atom. The molecule has 9 heteroatoms. The van der Waals surface area contributed by atoms with Crippen molar-refractivity contribution in [1.29, 1.82) is 0 Å². The van der Waals surface area contributed by atoms with Gasteiger partial charge in [-0.2, -0.15) is 17.6 Å². The molecule has 0 radical (unpaired) electrons. The van der Waals surface area contributed by atoms with Crippen LogP contribution < -0.4 is 0 Å². The Morgan fingerprint density at radius 1 is 0.765 bits per heavy atom. The van der Waals surface area contributed by atoms with E-state index < -0.39 is 30.6 Å². The van der Waals surface area contributed by atoms with Gasteiger partial charge in [0.05, 0.1) is 6.61 Å². The number of ether oxygens (including phenoxy) is 2. The summed E-state index contributed by atoms with van der Waals surface area (Å²) < 4.78 is 90.2. The smallest absolute Gasteiger partial charge is 0.313 e. The molecule has 0 aliphatic carbocycles. The molecule has 0 saturated carbocycles. The maximum Gasteiger partial charge on any atom is 0.527 e. The van der Waals surface area contributed by atoms with Crippen LogP contribution in [0.1, 0.15) is 20.8 Å². The normalized spacial score (nSPS) is 15.2. The Hall–Kier alpha value is -0.570. The van der Waals surface area contributed by atoms with E-state index in [1.54, 1.807) is 0 Å². The molecule has 0 spiro atoms. The zero-order valence-electron chi connectivity index (χ0n) is 9.17. The third-order valence-corrected chi connectivity index (χ3v) is 1.27. The monoisotopic (exact) mass is 272 g/mol. The van der Waals surface area contributed by atoms with Crippen molar-refractivity contribution in [2.75, 3.05) is 6.61 Å². The summed E-state index contributed by atoms with van der Waals surface area (Å²) in [6.45, 7) is 3.28. The average molecular weight is 272 g/mol.